The molecule has 124 valence electrons. The van der Waals surface area contributed by atoms with Crippen molar-refractivity contribution in [2.24, 2.45) is 0 Å². The Balaban J connectivity index is 1.93. The van der Waals surface area contributed by atoms with Gasteiger partial charge in [0.1, 0.15) is 11.6 Å². The summed E-state index contributed by atoms with van der Waals surface area (Å²) in [6.45, 7) is 3.88. The SMILES string of the molecule is Cc1nc(C)c(Cc2ccc(Cl)cc2)c(Nc2nc(CCl)cs2)n1. The molecule has 0 bridgehead atoms. The third-order valence-electron chi connectivity index (χ3n) is 3.53. The maximum atomic E-state index is 5.97. The Kier molecular flexibility index (Phi) is 5.33. The molecule has 0 radical (unpaired) electrons. The van der Waals surface area contributed by atoms with Gasteiger partial charge in [0, 0.05) is 28.1 Å². The largest absolute Gasteiger partial charge is 0.316 e. The zero-order valence-electron chi connectivity index (χ0n) is 13.3. The first-order valence-corrected chi connectivity index (χ1v) is 9.20. The summed E-state index contributed by atoms with van der Waals surface area (Å²) in [4.78, 5) is 13.5. The number of thiazole rings is 1. The zero-order chi connectivity index (χ0) is 17.1. The lowest BCUT2D eigenvalue weighted by molar-refractivity contribution is 0.964. The number of benzene rings is 1. The molecule has 3 aromatic rings. The second-order valence-corrected chi connectivity index (χ2v) is 6.95. The van der Waals surface area contributed by atoms with Gasteiger partial charge in [-0.25, -0.2) is 15.0 Å². The Morgan fingerprint density at radius 3 is 2.50 bits per heavy atom. The molecule has 7 heteroatoms. The van der Waals surface area contributed by atoms with Crippen LogP contribution in [-0.2, 0) is 12.3 Å². The lowest BCUT2D eigenvalue weighted by Crippen LogP contribution is -2.06. The average molecular weight is 379 g/mol. The molecule has 0 aliphatic carbocycles. The lowest BCUT2D eigenvalue weighted by Gasteiger charge is -2.13. The first kappa shape index (κ1) is 17.1. The van der Waals surface area contributed by atoms with Crippen molar-refractivity contribution in [2.75, 3.05) is 5.32 Å². The fourth-order valence-corrected chi connectivity index (χ4v) is 3.45. The number of halogens is 2. The van der Waals surface area contributed by atoms with Crippen LogP contribution in [0, 0.1) is 13.8 Å². The number of nitrogens with one attached hydrogen (secondary N) is 1. The number of aromatic nitrogens is 3. The van der Waals surface area contributed by atoms with Crippen LogP contribution in [0.3, 0.4) is 0 Å². The van der Waals surface area contributed by atoms with E-state index in [1.165, 1.54) is 11.3 Å². The molecule has 3 rings (SSSR count). The number of rotatable bonds is 5. The van der Waals surface area contributed by atoms with E-state index >= 15 is 0 Å². The van der Waals surface area contributed by atoms with Gasteiger partial charge in [-0.1, -0.05) is 23.7 Å². The van der Waals surface area contributed by atoms with Crippen LogP contribution < -0.4 is 5.32 Å². The van der Waals surface area contributed by atoms with Crippen LogP contribution in [-0.4, -0.2) is 15.0 Å². The van der Waals surface area contributed by atoms with Gasteiger partial charge in [0.05, 0.1) is 11.6 Å². The maximum absolute atomic E-state index is 5.97. The molecule has 0 saturated heterocycles. The smallest absolute Gasteiger partial charge is 0.188 e. The van der Waals surface area contributed by atoms with Crippen LogP contribution in [0.25, 0.3) is 0 Å². The van der Waals surface area contributed by atoms with Crippen molar-refractivity contribution in [2.45, 2.75) is 26.1 Å². The number of anilines is 2. The topological polar surface area (TPSA) is 50.7 Å². The standard InChI is InChI=1S/C17H16Cl2N4S/c1-10-15(7-12-3-5-13(19)6-4-12)16(21-11(2)20-10)23-17-22-14(8-18)9-24-17/h3-6,9H,7-8H2,1-2H3,(H,20,21,22,23). The monoisotopic (exact) mass is 378 g/mol. The van der Waals surface area contributed by atoms with E-state index in [2.05, 4.69) is 20.3 Å². The molecule has 0 unspecified atom stereocenters. The van der Waals surface area contributed by atoms with Crippen LogP contribution >= 0.6 is 34.5 Å². The van der Waals surface area contributed by atoms with E-state index in [0.29, 0.717) is 5.88 Å². The molecule has 2 heterocycles. The van der Waals surface area contributed by atoms with Crippen molar-refractivity contribution in [1.29, 1.82) is 0 Å². The minimum Gasteiger partial charge on any atom is -0.316 e. The maximum Gasteiger partial charge on any atom is 0.188 e. The molecule has 0 fully saturated rings. The van der Waals surface area contributed by atoms with E-state index in [0.717, 1.165) is 50.7 Å². The van der Waals surface area contributed by atoms with Crippen molar-refractivity contribution in [3.8, 4) is 0 Å². The molecule has 0 spiro atoms. The van der Waals surface area contributed by atoms with E-state index < -0.39 is 0 Å². The molecule has 0 saturated carbocycles. The van der Waals surface area contributed by atoms with Gasteiger partial charge >= 0.3 is 0 Å². The first-order chi connectivity index (χ1) is 11.5. The van der Waals surface area contributed by atoms with Gasteiger partial charge in [0.2, 0.25) is 0 Å². The van der Waals surface area contributed by atoms with Crippen LogP contribution in [0.15, 0.2) is 29.6 Å². The predicted octanol–water partition coefficient (Wildman–Crippen LogP) is 5.28. The number of hydrogen-bond donors (Lipinski definition) is 1. The second kappa shape index (κ2) is 7.47. The van der Waals surface area contributed by atoms with Gasteiger partial charge in [-0.15, -0.1) is 22.9 Å². The Hall–Kier alpha value is -1.69. The Morgan fingerprint density at radius 1 is 1.08 bits per heavy atom. The van der Waals surface area contributed by atoms with Crippen molar-refractivity contribution in [3.63, 3.8) is 0 Å². The highest BCUT2D eigenvalue weighted by molar-refractivity contribution is 7.13. The Morgan fingerprint density at radius 2 is 1.83 bits per heavy atom. The normalized spacial score (nSPS) is 10.8. The van der Waals surface area contributed by atoms with E-state index in [4.69, 9.17) is 23.2 Å². The van der Waals surface area contributed by atoms with Gasteiger partial charge in [0.25, 0.3) is 0 Å². The summed E-state index contributed by atoms with van der Waals surface area (Å²) in [6, 6.07) is 7.81. The van der Waals surface area contributed by atoms with Gasteiger partial charge in [-0.3, -0.25) is 0 Å². The summed E-state index contributed by atoms with van der Waals surface area (Å²) < 4.78 is 0. The summed E-state index contributed by atoms with van der Waals surface area (Å²) in [7, 11) is 0. The Labute approximate surface area is 154 Å². The second-order valence-electron chi connectivity index (χ2n) is 5.39. The van der Waals surface area contributed by atoms with E-state index in [1.807, 2.05) is 43.5 Å². The number of aryl methyl sites for hydroxylation is 2. The molecule has 0 amide bonds. The highest BCUT2D eigenvalue weighted by Gasteiger charge is 2.13. The van der Waals surface area contributed by atoms with Crippen LogP contribution in [0.5, 0.6) is 0 Å². The minimum atomic E-state index is 0.400. The molecule has 0 atom stereocenters. The summed E-state index contributed by atoms with van der Waals surface area (Å²) in [5.41, 5.74) is 4.00. The van der Waals surface area contributed by atoms with Crippen LogP contribution in [0.4, 0.5) is 10.9 Å². The van der Waals surface area contributed by atoms with Crippen molar-refractivity contribution in [1.82, 2.24) is 15.0 Å². The predicted molar refractivity (Wildman–Crippen MR) is 101 cm³/mol. The van der Waals surface area contributed by atoms with Gasteiger partial charge < -0.3 is 5.32 Å². The number of hydrogen-bond acceptors (Lipinski definition) is 5. The molecular formula is C17H16Cl2N4S. The molecular weight excluding hydrogens is 363 g/mol. The van der Waals surface area contributed by atoms with E-state index in [1.54, 1.807) is 0 Å². The van der Waals surface area contributed by atoms with Gasteiger partial charge in [0.15, 0.2) is 5.13 Å². The molecule has 1 aromatic carbocycles. The van der Waals surface area contributed by atoms with E-state index in [9.17, 15) is 0 Å². The molecule has 2 aromatic heterocycles. The zero-order valence-corrected chi connectivity index (χ0v) is 15.6. The van der Waals surface area contributed by atoms with Crippen molar-refractivity contribution < 1.29 is 0 Å². The third-order valence-corrected chi connectivity index (χ3v) is 4.87. The summed E-state index contributed by atoms with van der Waals surface area (Å²) in [5, 5.41) is 6.76. The van der Waals surface area contributed by atoms with Crippen molar-refractivity contribution >= 4 is 45.5 Å². The average Bonchev–Trinajstić information content (AvgIpc) is 3.00. The Bertz CT molecular complexity index is 846. The fourth-order valence-electron chi connectivity index (χ4n) is 2.38. The van der Waals surface area contributed by atoms with E-state index in [-0.39, 0.29) is 0 Å². The fraction of sp³-hybridized carbons (Fsp3) is 0.235. The van der Waals surface area contributed by atoms with Crippen LogP contribution in [0.1, 0.15) is 28.3 Å². The van der Waals surface area contributed by atoms with Crippen molar-refractivity contribution in [3.05, 3.63) is 63.0 Å². The van der Waals surface area contributed by atoms with Crippen LogP contribution in [0.2, 0.25) is 5.02 Å². The van der Waals surface area contributed by atoms with Gasteiger partial charge in [-0.05, 0) is 31.5 Å². The highest BCUT2D eigenvalue weighted by Crippen LogP contribution is 2.26. The summed E-state index contributed by atoms with van der Waals surface area (Å²) >= 11 is 13.3. The first-order valence-electron chi connectivity index (χ1n) is 7.41. The number of alkyl halides is 1. The summed E-state index contributed by atoms with van der Waals surface area (Å²) in [6.07, 6.45) is 0.722. The lowest BCUT2D eigenvalue weighted by atomic mass is 10.0. The summed E-state index contributed by atoms with van der Waals surface area (Å²) in [5.74, 6) is 1.91. The quantitative estimate of drug-likeness (QED) is 0.613. The molecule has 24 heavy (non-hydrogen) atoms. The molecule has 4 nitrogen and oxygen atoms in total. The molecule has 0 aliphatic rings. The minimum absolute atomic E-state index is 0.400. The molecule has 0 aliphatic heterocycles. The molecule has 1 N–H and O–H groups in total. The third kappa shape index (κ3) is 4.04. The highest BCUT2D eigenvalue weighted by atomic mass is 35.5. The van der Waals surface area contributed by atoms with Gasteiger partial charge in [-0.2, -0.15) is 0 Å². The number of nitrogens with zero attached hydrogens (tertiary/aromatic N) is 3.